The van der Waals surface area contributed by atoms with Crippen molar-refractivity contribution in [2.45, 2.75) is 13.5 Å². The molecule has 0 spiro atoms. The van der Waals surface area contributed by atoms with E-state index in [1.807, 2.05) is 19.1 Å². The van der Waals surface area contributed by atoms with Crippen LogP contribution in [0.3, 0.4) is 0 Å². The lowest BCUT2D eigenvalue weighted by molar-refractivity contribution is 0.676. The van der Waals surface area contributed by atoms with Crippen LogP contribution >= 0.6 is 11.6 Å². The fourth-order valence-corrected chi connectivity index (χ4v) is 1.83. The molecule has 0 fully saturated rings. The van der Waals surface area contributed by atoms with Crippen LogP contribution in [0.15, 0.2) is 18.2 Å². The van der Waals surface area contributed by atoms with Crippen LogP contribution in [0.25, 0.3) is 0 Å². The average Bonchev–Trinajstić information content (AvgIpc) is 2.18. The summed E-state index contributed by atoms with van der Waals surface area (Å²) in [6, 6.07) is 6.03. The van der Waals surface area contributed by atoms with Gasteiger partial charge < -0.3 is 5.32 Å². The lowest BCUT2D eigenvalue weighted by atomic mass is 10.1. The largest absolute Gasteiger partial charge is 0.312 e. The Morgan fingerprint density at radius 3 is 2.80 bits per heavy atom. The summed E-state index contributed by atoms with van der Waals surface area (Å²) in [4.78, 5) is 0. The van der Waals surface area contributed by atoms with Crippen LogP contribution in [-0.2, 0) is 17.3 Å². The molecule has 0 aliphatic heterocycles. The lowest BCUT2D eigenvalue weighted by Crippen LogP contribution is -2.19. The van der Waals surface area contributed by atoms with E-state index in [4.69, 9.17) is 11.6 Å². The molecular weight excluding hydrogens is 230 g/mol. The number of nitrogens with one attached hydrogen (secondary N) is 1. The zero-order valence-corrected chi connectivity index (χ0v) is 10.6. The predicted octanol–water partition coefficient (Wildman–Crippen LogP) is 2.12. The fourth-order valence-electron chi connectivity index (χ4n) is 1.19. The Balaban J connectivity index is 2.38. The molecule has 1 N–H and O–H groups in total. The highest BCUT2D eigenvalue weighted by molar-refractivity contribution is 7.84. The molecule has 0 amide bonds. The third kappa shape index (κ3) is 4.78. The van der Waals surface area contributed by atoms with Crippen LogP contribution in [0.2, 0.25) is 5.02 Å². The van der Waals surface area contributed by atoms with E-state index in [1.54, 1.807) is 6.26 Å². The van der Waals surface area contributed by atoms with Gasteiger partial charge in [0.2, 0.25) is 0 Å². The number of aryl methyl sites for hydroxylation is 1. The van der Waals surface area contributed by atoms with Crippen molar-refractivity contribution in [3.63, 3.8) is 0 Å². The molecule has 1 aromatic rings. The van der Waals surface area contributed by atoms with Gasteiger partial charge >= 0.3 is 0 Å². The SMILES string of the molecule is Cc1ccc(CNCCS(C)=O)cc1Cl. The van der Waals surface area contributed by atoms with E-state index < -0.39 is 10.8 Å². The second-order valence-electron chi connectivity index (χ2n) is 3.54. The van der Waals surface area contributed by atoms with Crippen molar-refractivity contribution in [3.05, 3.63) is 34.3 Å². The van der Waals surface area contributed by atoms with Gasteiger partial charge in [-0.2, -0.15) is 0 Å². The van der Waals surface area contributed by atoms with E-state index in [2.05, 4.69) is 11.4 Å². The smallest absolute Gasteiger partial charge is 0.0438 e. The minimum Gasteiger partial charge on any atom is -0.312 e. The second-order valence-corrected chi connectivity index (χ2v) is 5.50. The lowest BCUT2D eigenvalue weighted by Gasteiger charge is -2.05. The molecule has 0 aromatic heterocycles. The number of benzene rings is 1. The van der Waals surface area contributed by atoms with E-state index >= 15 is 0 Å². The first-order valence-corrected chi connectivity index (χ1v) is 6.96. The minimum atomic E-state index is -0.720. The monoisotopic (exact) mass is 245 g/mol. The molecule has 0 radical (unpaired) electrons. The molecule has 1 rings (SSSR count). The molecule has 1 atom stereocenters. The summed E-state index contributed by atoms with van der Waals surface area (Å²) in [5.74, 6) is 0.694. The van der Waals surface area contributed by atoms with Crippen molar-refractivity contribution in [2.75, 3.05) is 18.6 Å². The number of halogens is 1. The molecule has 15 heavy (non-hydrogen) atoms. The normalized spacial score (nSPS) is 12.7. The first kappa shape index (κ1) is 12.7. The van der Waals surface area contributed by atoms with Crippen LogP contribution < -0.4 is 5.32 Å². The van der Waals surface area contributed by atoms with Crippen LogP contribution in [0.5, 0.6) is 0 Å². The topological polar surface area (TPSA) is 29.1 Å². The number of hydrogen-bond donors (Lipinski definition) is 1. The third-order valence-corrected chi connectivity index (χ3v) is 3.32. The molecule has 2 nitrogen and oxygen atoms in total. The Hall–Kier alpha value is -0.380. The Morgan fingerprint density at radius 1 is 1.47 bits per heavy atom. The fraction of sp³-hybridized carbons (Fsp3) is 0.455. The zero-order valence-electron chi connectivity index (χ0n) is 9.05. The molecule has 1 aromatic carbocycles. The molecule has 84 valence electrons. The first-order chi connectivity index (χ1) is 7.09. The van der Waals surface area contributed by atoms with Gasteiger partial charge in [0.25, 0.3) is 0 Å². The van der Waals surface area contributed by atoms with E-state index in [-0.39, 0.29) is 0 Å². The highest BCUT2D eigenvalue weighted by Gasteiger charge is 1.97. The quantitative estimate of drug-likeness (QED) is 0.806. The summed E-state index contributed by atoms with van der Waals surface area (Å²) < 4.78 is 10.8. The molecular formula is C11H16ClNOS. The second kappa shape index (κ2) is 6.26. The zero-order chi connectivity index (χ0) is 11.3. The van der Waals surface area contributed by atoms with Crippen molar-refractivity contribution in [1.82, 2.24) is 5.32 Å². The third-order valence-electron chi connectivity index (χ3n) is 2.13. The van der Waals surface area contributed by atoms with Gasteiger partial charge in [-0.3, -0.25) is 4.21 Å². The molecule has 0 bridgehead atoms. The Labute approximate surface area is 98.5 Å². The van der Waals surface area contributed by atoms with Gasteiger partial charge in [-0.25, -0.2) is 0 Å². The Bertz CT molecular complexity index is 354. The van der Waals surface area contributed by atoms with Gasteiger partial charge in [0.15, 0.2) is 0 Å². The summed E-state index contributed by atoms with van der Waals surface area (Å²) in [5.41, 5.74) is 2.25. The number of hydrogen-bond acceptors (Lipinski definition) is 2. The first-order valence-electron chi connectivity index (χ1n) is 4.85. The average molecular weight is 246 g/mol. The predicted molar refractivity (Wildman–Crippen MR) is 66.8 cm³/mol. The van der Waals surface area contributed by atoms with Crippen LogP contribution in [0.1, 0.15) is 11.1 Å². The van der Waals surface area contributed by atoms with Crippen LogP contribution in [-0.4, -0.2) is 22.8 Å². The van der Waals surface area contributed by atoms with Gasteiger partial charge in [0.1, 0.15) is 0 Å². The maximum atomic E-state index is 10.8. The Morgan fingerprint density at radius 2 is 2.20 bits per heavy atom. The molecule has 0 saturated carbocycles. The van der Waals surface area contributed by atoms with Crippen molar-refractivity contribution in [3.8, 4) is 0 Å². The van der Waals surface area contributed by atoms with Crippen molar-refractivity contribution in [2.24, 2.45) is 0 Å². The summed E-state index contributed by atoms with van der Waals surface area (Å²) >= 11 is 6.00. The Kier molecular flexibility index (Phi) is 5.29. The molecule has 0 saturated heterocycles. The molecule has 0 aliphatic carbocycles. The summed E-state index contributed by atoms with van der Waals surface area (Å²) in [5, 5.41) is 4.03. The number of rotatable bonds is 5. The highest BCUT2D eigenvalue weighted by Crippen LogP contribution is 2.16. The van der Waals surface area contributed by atoms with Gasteiger partial charge in [-0.05, 0) is 24.1 Å². The summed E-state index contributed by atoms with van der Waals surface area (Å²) in [6.45, 7) is 3.53. The van der Waals surface area contributed by atoms with E-state index in [1.165, 1.54) is 0 Å². The van der Waals surface area contributed by atoms with Gasteiger partial charge in [-0.15, -0.1) is 0 Å². The van der Waals surface area contributed by atoms with E-state index in [0.717, 1.165) is 29.2 Å². The molecule has 0 heterocycles. The summed E-state index contributed by atoms with van der Waals surface area (Å²) in [7, 11) is -0.720. The van der Waals surface area contributed by atoms with Crippen molar-refractivity contribution >= 4 is 22.4 Å². The maximum absolute atomic E-state index is 10.8. The van der Waals surface area contributed by atoms with Crippen molar-refractivity contribution in [1.29, 1.82) is 0 Å². The van der Waals surface area contributed by atoms with Crippen molar-refractivity contribution < 1.29 is 4.21 Å². The highest BCUT2D eigenvalue weighted by atomic mass is 35.5. The maximum Gasteiger partial charge on any atom is 0.0438 e. The molecule has 0 aliphatic rings. The minimum absolute atomic E-state index is 0.694. The standard InChI is InChI=1S/C11H16ClNOS/c1-9-3-4-10(7-11(9)12)8-13-5-6-15(2)14/h3-4,7,13H,5-6,8H2,1-2H3. The molecule has 1 unspecified atom stereocenters. The van der Waals surface area contributed by atoms with Crippen LogP contribution in [0.4, 0.5) is 0 Å². The summed E-state index contributed by atoms with van der Waals surface area (Å²) in [6.07, 6.45) is 1.71. The van der Waals surface area contributed by atoms with Crippen LogP contribution in [0, 0.1) is 6.92 Å². The van der Waals surface area contributed by atoms with E-state index in [0.29, 0.717) is 5.75 Å². The van der Waals surface area contributed by atoms with Gasteiger partial charge in [-0.1, -0.05) is 23.7 Å². The molecule has 4 heteroatoms. The van der Waals surface area contributed by atoms with E-state index in [9.17, 15) is 4.21 Å². The van der Waals surface area contributed by atoms with Gasteiger partial charge in [0, 0.05) is 40.9 Å². The van der Waals surface area contributed by atoms with Gasteiger partial charge in [0.05, 0.1) is 0 Å².